The molecule has 4 heteroatoms. The number of hydrogen-bond donors (Lipinski definition) is 0. The van der Waals surface area contributed by atoms with Crippen LogP contribution < -0.4 is 9.47 Å². The number of ether oxygens (including phenoxy) is 2. The zero-order chi connectivity index (χ0) is 14.7. The number of nitrogens with zero attached hydrogens (tertiary/aromatic N) is 1. The van der Waals surface area contributed by atoms with Gasteiger partial charge in [0, 0.05) is 18.7 Å². The average molecular weight is 277 g/mol. The van der Waals surface area contributed by atoms with Crippen LogP contribution in [0.15, 0.2) is 18.2 Å². The van der Waals surface area contributed by atoms with Gasteiger partial charge in [-0.05, 0) is 50.8 Å². The quantitative estimate of drug-likeness (QED) is 0.802. The van der Waals surface area contributed by atoms with Crippen LogP contribution in [-0.2, 0) is 0 Å². The van der Waals surface area contributed by atoms with Crippen LogP contribution in [0.5, 0.6) is 11.5 Å². The summed E-state index contributed by atoms with van der Waals surface area (Å²) in [6, 6.07) is 5.64. The lowest BCUT2D eigenvalue weighted by molar-refractivity contribution is 0.0727. The molecule has 1 aliphatic rings. The van der Waals surface area contributed by atoms with E-state index in [0.29, 0.717) is 35.6 Å². The molecule has 0 spiro atoms. The van der Waals surface area contributed by atoms with Gasteiger partial charge in [0.1, 0.15) is 0 Å². The first kappa shape index (κ1) is 14.7. The van der Waals surface area contributed by atoms with Gasteiger partial charge >= 0.3 is 0 Å². The van der Waals surface area contributed by atoms with Gasteiger partial charge in [-0.2, -0.15) is 0 Å². The molecule has 0 radical (unpaired) electrons. The molecule has 0 saturated heterocycles. The molecule has 1 aliphatic carbocycles. The first-order valence-corrected chi connectivity index (χ1v) is 7.16. The molecule has 0 heterocycles. The van der Waals surface area contributed by atoms with Crippen LogP contribution in [0.1, 0.15) is 37.0 Å². The highest BCUT2D eigenvalue weighted by atomic mass is 16.5. The van der Waals surface area contributed by atoms with Crippen LogP contribution in [0.2, 0.25) is 0 Å². The summed E-state index contributed by atoms with van der Waals surface area (Å²) in [7, 11) is 3.46. The first-order valence-electron chi connectivity index (χ1n) is 7.16. The Morgan fingerprint density at radius 1 is 1.40 bits per heavy atom. The highest BCUT2D eigenvalue weighted by Gasteiger charge is 2.32. The maximum absolute atomic E-state index is 12.5. The summed E-state index contributed by atoms with van der Waals surface area (Å²) < 4.78 is 10.8. The molecule has 1 saturated carbocycles. The number of hydrogen-bond acceptors (Lipinski definition) is 3. The molecule has 0 bridgehead atoms. The molecule has 1 amide bonds. The maximum Gasteiger partial charge on any atom is 0.253 e. The van der Waals surface area contributed by atoms with Gasteiger partial charge in [-0.15, -0.1) is 0 Å². The third-order valence-corrected chi connectivity index (χ3v) is 3.95. The molecule has 2 rings (SSSR count). The zero-order valence-corrected chi connectivity index (χ0v) is 12.7. The van der Waals surface area contributed by atoms with E-state index in [9.17, 15) is 4.79 Å². The number of methoxy groups -OCH3 is 1. The van der Waals surface area contributed by atoms with E-state index in [4.69, 9.17) is 9.47 Å². The van der Waals surface area contributed by atoms with E-state index in [1.165, 1.54) is 12.8 Å². The van der Waals surface area contributed by atoms with Gasteiger partial charge in [-0.25, -0.2) is 0 Å². The van der Waals surface area contributed by atoms with Crippen molar-refractivity contribution in [3.8, 4) is 11.5 Å². The predicted octanol–water partition coefficient (Wildman–Crippen LogP) is 2.96. The van der Waals surface area contributed by atoms with Gasteiger partial charge in [0.2, 0.25) is 0 Å². The molecule has 0 N–H and O–H groups in total. The summed E-state index contributed by atoms with van der Waals surface area (Å²) in [5.41, 5.74) is 0.639. The molecular weight excluding hydrogens is 254 g/mol. The Morgan fingerprint density at radius 3 is 2.65 bits per heavy atom. The van der Waals surface area contributed by atoms with Gasteiger partial charge in [0.25, 0.3) is 5.91 Å². The number of amides is 1. The molecule has 4 nitrogen and oxygen atoms in total. The van der Waals surface area contributed by atoms with Gasteiger partial charge < -0.3 is 14.4 Å². The zero-order valence-electron chi connectivity index (χ0n) is 12.7. The van der Waals surface area contributed by atoms with Crippen molar-refractivity contribution in [3.63, 3.8) is 0 Å². The SMILES string of the molecule is CCOc1ccc(C(=O)N(C)C(C)C2CC2)cc1OC. The summed E-state index contributed by atoms with van der Waals surface area (Å²) in [5.74, 6) is 1.97. The van der Waals surface area contributed by atoms with Crippen LogP contribution in [-0.4, -0.2) is 37.6 Å². The van der Waals surface area contributed by atoms with Crippen molar-refractivity contribution in [3.05, 3.63) is 23.8 Å². The van der Waals surface area contributed by atoms with Crippen molar-refractivity contribution in [1.82, 2.24) is 4.90 Å². The van der Waals surface area contributed by atoms with Crippen molar-refractivity contribution < 1.29 is 14.3 Å². The Labute approximate surface area is 120 Å². The molecular formula is C16H23NO3. The highest BCUT2D eigenvalue weighted by Crippen LogP contribution is 2.35. The molecule has 1 unspecified atom stereocenters. The Kier molecular flexibility index (Phi) is 4.53. The molecule has 1 atom stereocenters. The molecule has 1 aromatic rings. The van der Waals surface area contributed by atoms with Crippen LogP contribution in [0.4, 0.5) is 0 Å². The molecule has 1 fully saturated rings. The standard InChI is InChI=1S/C16H23NO3/c1-5-20-14-9-8-13(10-15(14)19-4)16(18)17(3)11(2)12-6-7-12/h8-12H,5-7H2,1-4H3. The van der Waals surface area contributed by atoms with Gasteiger partial charge in [-0.1, -0.05) is 0 Å². The fourth-order valence-electron chi connectivity index (χ4n) is 2.36. The second-order valence-electron chi connectivity index (χ2n) is 5.29. The Hall–Kier alpha value is -1.71. The minimum Gasteiger partial charge on any atom is -0.493 e. The van der Waals surface area contributed by atoms with E-state index in [1.807, 2.05) is 18.9 Å². The Balaban J connectivity index is 2.16. The van der Waals surface area contributed by atoms with Crippen molar-refractivity contribution >= 4 is 5.91 Å². The number of carbonyl (C=O) groups is 1. The van der Waals surface area contributed by atoms with Gasteiger partial charge in [0.15, 0.2) is 11.5 Å². The van der Waals surface area contributed by atoms with Crippen LogP contribution in [0.25, 0.3) is 0 Å². The smallest absolute Gasteiger partial charge is 0.253 e. The summed E-state index contributed by atoms with van der Waals surface area (Å²) in [6.45, 7) is 4.60. The van der Waals surface area contributed by atoms with Crippen LogP contribution in [0, 0.1) is 5.92 Å². The van der Waals surface area contributed by atoms with Crippen LogP contribution >= 0.6 is 0 Å². The van der Waals surface area contributed by atoms with Crippen molar-refractivity contribution in [2.24, 2.45) is 5.92 Å². The lowest BCUT2D eigenvalue weighted by Crippen LogP contribution is -2.36. The van der Waals surface area contributed by atoms with E-state index in [2.05, 4.69) is 6.92 Å². The van der Waals surface area contributed by atoms with Crippen molar-refractivity contribution in [1.29, 1.82) is 0 Å². The van der Waals surface area contributed by atoms with Gasteiger partial charge in [0.05, 0.1) is 13.7 Å². The van der Waals surface area contributed by atoms with Crippen LogP contribution in [0.3, 0.4) is 0 Å². The molecule has 20 heavy (non-hydrogen) atoms. The van der Waals surface area contributed by atoms with E-state index in [-0.39, 0.29) is 5.91 Å². The summed E-state index contributed by atoms with van der Waals surface area (Å²) in [4.78, 5) is 14.3. The summed E-state index contributed by atoms with van der Waals surface area (Å²) >= 11 is 0. The topological polar surface area (TPSA) is 38.8 Å². The minimum atomic E-state index is 0.0331. The molecule has 1 aromatic carbocycles. The van der Waals surface area contributed by atoms with E-state index < -0.39 is 0 Å². The fraction of sp³-hybridized carbons (Fsp3) is 0.562. The fourth-order valence-corrected chi connectivity index (χ4v) is 2.36. The number of carbonyl (C=O) groups excluding carboxylic acids is 1. The van der Waals surface area contributed by atoms with E-state index in [0.717, 1.165) is 0 Å². The minimum absolute atomic E-state index is 0.0331. The number of benzene rings is 1. The summed E-state index contributed by atoms with van der Waals surface area (Å²) in [6.07, 6.45) is 2.46. The summed E-state index contributed by atoms with van der Waals surface area (Å²) in [5, 5.41) is 0. The first-order chi connectivity index (χ1) is 9.58. The molecule has 0 aliphatic heterocycles. The monoisotopic (exact) mass is 277 g/mol. The number of rotatable bonds is 6. The maximum atomic E-state index is 12.5. The van der Waals surface area contributed by atoms with Crippen molar-refractivity contribution in [2.75, 3.05) is 20.8 Å². The van der Waals surface area contributed by atoms with Crippen molar-refractivity contribution in [2.45, 2.75) is 32.7 Å². The third-order valence-electron chi connectivity index (χ3n) is 3.95. The Morgan fingerprint density at radius 2 is 2.10 bits per heavy atom. The highest BCUT2D eigenvalue weighted by molar-refractivity contribution is 5.95. The van der Waals surface area contributed by atoms with E-state index in [1.54, 1.807) is 25.3 Å². The molecule has 0 aromatic heterocycles. The molecule has 110 valence electrons. The third kappa shape index (κ3) is 3.06. The Bertz CT molecular complexity index is 483. The van der Waals surface area contributed by atoms with Gasteiger partial charge in [-0.3, -0.25) is 4.79 Å². The van der Waals surface area contributed by atoms with E-state index >= 15 is 0 Å². The largest absolute Gasteiger partial charge is 0.493 e. The average Bonchev–Trinajstić information content (AvgIpc) is 3.30. The lowest BCUT2D eigenvalue weighted by Gasteiger charge is -2.25. The lowest BCUT2D eigenvalue weighted by atomic mass is 10.1. The second kappa shape index (κ2) is 6.16. The normalized spacial score (nSPS) is 15.6. The predicted molar refractivity (Wildman–Crippen MR) is 78.4 cm³/mol. The second-order valence-corrected chi connectivity index (χ2v) is 5.29.